The van der Waals surface area contributed by atoms with Crippen LogP contribution in [0, 0.1) is 11.3 Å². The maximum atomic E-state index is 5.95. The second-order valence-corrected chi connectivity index (χ2v) is 4.07. The first-order valence-electron chi connectivity index (χ1n) is 4.35. The van der Waals surface area contributed by atoms with Crippen molar-refractivity contribution in [2.24, 2.45) is 11.3 Å². The topological polar surface area (TPSA) is 9.23 Å². The van der Waals surface area contributed by atoms with Crippen LogP contribution in [0.25, 0.3) is 0 Å². The van der Waals surface area contributed by atoms with Crippen LogP contribution in [0.5, 0.6) is 0 Å². The molecule has 1 aliphatic rings. The van der Waals surface area contributed by atoms with Gasteiger partial charge in [0.05, 0.1) is 6.61 Å². The van der Waals surface area contributed by atoms with E-state index in [9.17, 15) is 0 Å². The van der Waals surface area contributed by atoms with Crippen LogP contribution in [0.3, 0.4) is 0 Å². The lowest BCUT2D eigenvalue weighted by Gasteiger charge is -2.38. The SMILES string of the molecule is CC(C)C1(CCl)CCCOC1. The van der Waals surface area contributed by atoms with Crippen LogP contribution in [0.1, 0.15) is 26.7 Å². The van der Waals surface area contributed by atoms with Crippen LogP contribution >= 0.6 is 11.6 Å². The predicted octanol–water partition coefficient (Wildman–Crippen LogP) is 2.68. The molecule has 0 aliphatic carbocycles. The minimum absolute atomic E-state index is 0.264. The summed E-state index contributed by atoms with van der Waals surface area (Å²) in [4.78, 5) is 0. The maximum Gasteiger partial charge on any atom is 0.0536 e. The molecule has 1 aliphatic heterocycles. The monoisotopic (exact) mass is 176 g/mol. The van der Waals surface area contributed by atoms with E-state index in [1.54, 1.807) is 0 Å². The van der Waals surface area contributed by atoms with E-state index in [0.717, 1.165) is 19.1 Å². The highest BCUT2D eigenvalue weighted by Crippen LogP contribution is 2.37. The zero-order valence-corrected chi connectivity index (χ0v) is 8.16. The molecular formula is C9H17ClO. The second kappa shape index (κ2) is 3.77. The van der Waals surface area contributed by atoms with Gasteiger partial charge in [0.1, 0.15) is 0 Å². The number of alkyl halides is 1. The summed E-state index contributed by atoms with van der Waals surface area (Å²) in [7, 11) is 0. The first-order chi connectivity index (χ1) is 5.21. The molecule has 0 saturated carbocycles. The molecule has 0 N–H and O–H groups in total. The van der Waals surface area contributed by atoms with E-state index < -0.39 is 0 Å². The van der Waals surface area contributed by atoms with Crippen molar-refractivity contribution in [3.05, 3.63) is 0 Å². The van der Waals surface area contributed by atoms with Crippen molar-refractivity contribution >= 4 is 11.6 Å². The van der Waals surface area contributed by atoms with E-state index in [0.29, 0.717) is 5.92 Å². The molecule has 1 saturated heterocycles. The summed E-state index contributed by atoms with van der Waals surface area (Å²) < 4.78 is 5.45. The highest BCUT2D eigenvalue weighted by Gasteiger charge is 2.34. The van der Waals surface area contributed by atoms with Gasteiger partial charge in [0.2, 0.25) is 0 Å². The molecule has 11 heavy (non-hydrogen) atoms. The number of rotatable bonds is 2. The highest BCUT2D eigenvalue weighted by atomic mass is 35.5. The Hall–Kier alpha value is 0.250. The number of hydrogen-bond donors (Lipinski definition) is 0. The molecule has 1 atom stereocenters. The molecule has 0 spiro atoms. The van der Waals surface area contributed by atoms with Crippen LogP contribution in [0.2, 0.25) is 0 Å². The molecule has 1 rings (SSSR count). The van der Waals surface area contributed by atoms with Crippen LogP contribution in [0.15, 0.2) is 0 Å². The lowest BCUT2D eigenvalue weighted by molar-refractivity contribution is -0.0204. The van der Waals surface area contributed by atoms with Crippen molar-refractivity contribution in [2.75, 3.05) is 19.1 Å². The Morgan fingerprint density at radius 2 is 2.27 bits per heavy atom. The third-order valence-corrected chi connectivity index (χ3v) is 3.38. The normalized spacial score (nSPS) is 32.7. The van der Waals surface area contributed by atoms with Crippen LogP contribution in [-0.2, 0) is 4.74 Å². The van der Waals surface area contributed by atoms with Gasteiger partial charge in [-0.2, -0.15) is 0 Å². The van der Waals surface area contributed by atoms with Gasteiger partial charge in [-0.15, -0.1) is 11.6 Å². The third-order valence-electron chi connectivity index (χ3n) is 2.84. The molecule has 66 valence electrons. The maximum absolute atomic E-state index is 5.95. The van der Waals surface area contributed by atoms with Gasteiger partial charge >= 0.3 is 0 Å². The molecule has 1 unspecified atom stereocenters. The molecule has 1 fully saturated rings. The van der Waals surface area contributed by atoms with E-state index in [4.69, 9.17) is 16.3 Å². The zero-order chi connectivity index (χ0) is 8.32. The minimum atomic E-state index is 0.264. The van der Waals surface area contributed by atoms with Gasteiger partial charge in [-0.1, -0.05) is 13.8 Å². The average molecular weight is 177 g/mol. The summed E-state index contributed by atoms with van der Waals surface area (Å²) in [5, 5.41) is 0. The lowest BCUT2D eigenvalue weighted by atomic mass is 9.75. The Labute approximate surface area is 74.1 Å². The summed E-state index contributed by atoms with van der Waals surface area (Å²) >= 11 is 5.95. The fraction of sp³-hybridized carbons (Fsp3) is 1.00. The van der Waals surface area contributed by atoms with E-state index in [-0.39, 0.29) is 5.41 Å². The van der Waals surface area contributed by atoms with Crippen LogP contribution in [-0.4, -0.2) is 19.1 Å². The molecule has 0 radical (unpaired) electrons. The van der Waals surface area contributed by atoms with Crippen molar-refractivity contribution in [3.8, 4) is 0 Å². The fourth-order valence-corrected chi connectivity index (χ4v) is 2.11. The Morgan fingerprint density at radius 3 is 2.55 bits per heavy atom. The van der Waals surface area contributed by atoms with Gasteiger partial charge in [0, 0.05) is 17.9 Å². The van der Waals surface area contributed by atoms with Gasteiger partial charge in [0.15, 0.2) is 0 Å². The fourth-order valence-electron chi connectivity index (χ4n) is 1.59. The summed E-state index contributed by atoms with van der Waals surface area (Å²) in [6.45, 7) is 6.24. The third kappa shape index (κ3) is 1.88. The largest absolute Gasteiger partial charge is 0.381 e. The second-order valence-electron chi connectivity index (χ2n) is 3.81. The quantitative estimate of drug-likeness (QED) is 0.588. The molecule has 0 amide bonds. The first kappa shape index (κ1) is 9.34. The van der Waals surface area contributed by atoms with Gasteiger partial charge < -0.3 is 4.74 Å². The van der Waals surface area contributed by atoms with E-state index >= 15 is 0 Å². The molecule has 0 aromatic carbocycles. The smallest absolute Gasteiger partial charge is 0.0536 e. The standard InChI is InChI=1S/C9H17ClO/c1-8(2)9(6-10)4-3-5-11-7-9/h8H,3-7H2,1-2H3. The molecular weight excluding hydrogens is 160 g/mol. The lowest BCUT2D eigenvalue weighted by Crippen LogP contribution is -2.38. The molecule has 0 aromatic rings. The molecule has 1 heterocycles. The van der Waals surface area contributed by atoms with Gasteiger partial charge in [-0.25, -0.2) is 0 Å². The van der Waals surface area contributed by atoms with E-state index in [1.165, 1.54) is 12.8 Å². The van der Waals surface area contributed by atoms with Gasteiger partial charge in [-0.3, -0.25) is 0 Å². The number of hydrogen-bond acceptors (Lipinski definition) is 1. The van der Waals surface area contributed by atoms with Crippen molar-refractivity contribution < 1.29 is 4.74 Å². The summed E-state index contributed by atoms with van der Waals surface area (Å²) in [5.41, 5.74) is 0.264. The minimum Gasteiger partial charge on any atom is -0.381 e. The number of ether oxygens (including phenoxy) is 1. The van der Waals surface area contributed by atoms with Crippen molar-refractivity contribution in [3.63, 3.8) is 0 Å². The summed E-state index contributed by atoms with van der Waals surface area (Å²) in [6, 6.07) is 0. The molecule has 2 heteroatoms. The van der Waals surface area contributed by atoms with Crippen molar-refractivity contribution in [1.82, 2.24) is 0 Å². The molecule has 0 aromatic heterocycles. The Morgan fingerprint density at radius 1 is 1.55 bits per heavy atom. The van der Waals surface area contributed by atoms with Crippen molar-refractivity contribution in [2.45, 2.75) is 26.7 Å². The van der Waals surface area contributed by atoms with Gasteiger partial charge in [0.25, 0.3) is 0 Å². The Balaban J connectivity index is 2.57. The predicted molar refractivity (Wildman–Crippen MR) is 48.0 cm³/mol. The molecule has 0 bridgehead atoms. The average Bonchev–Trinajstić information content (AvgIpc) is 2.05. The molecule has 1 nitrogen and oxygen atoms in total. The number of halogens is 1. The van der Waals surface area contributed by atoms with Crippen molar-refractivity contribution in [1.29, 1.82) is 0 Å². The Kier molecular flexibility index (Phi) is 3.20. The highest BCUT2D eigenvalue weighted by molar-refractivity contribution is 6.18. The first-order valence-corrected chi connectivity index (χ1v) is 4.88. The summed E-state index contributed by atoms with van der Waals surface area (Å²) in [5.74, 6) is 1.38. The van der Waals surface area contributed by atoms with Crippen LogP contribution < -0.4 is 0 Å². The van der Waals surface area contributed by atoms with Crippen LogP contribution in [0.4, 0.5) is 0 Å². The Bertz CT molecular complexity index is 117. The summed E-state index contributed by atoms with van der Waals surface area (Å²) in [6.07, 6.45) is 2.40. The van der Waals surface area contributed by atoms with Gasteiger partial charge in [-0.05, 0) is 18.8 Å². The van der Waals surface area contributed by atoms with E-state index in [2.05, 4.69) is 13.8 Å². The zero-order valence-electron chi connectivity index (χ0n) is 7.40. The van der Waals surface area contributed by atoms with E-state index in [1.807, 2.05) is 0 Å².